The van der Waals surface area contributed by atoms with Gasteiger partial charge in [0, 0.05) is 33.7 Å². The van der Waals surface area contributed by atoms with Gasteiger partial charge in [-0.25, -0.2) is 4.79 Å². The Morgan fingerprint density at radius 3 is 2.27 bits per heavy atom. The van der Waals surface area contributed by atoms with Crippen molar-refractivity contribution in [3.63, 3.8) is 0 Å². The molecule has 6 nitrogen and oxygen atoms in total. The molecule has 3 aromatic carbocycles. The first-order valence-electron chi connectivity index (χ1n) is 13.9. The van der Waals surface area contributed by atoms with E-state index in [9.17, 15) is 4.79 Å². The van der Waals surface area contributed by atoms with Gasteiger partial charge in [-0.2, -0.15) is 0 Å². The highest BCUT2D eigenvalue weighted by Crippen LogP contribution is 2.41. The van der Waals surface area contributed by atoms with E-state index in [1.54, 1.807) is 0 Å². The van der Waals surface area contributed by atoms with Crippen molar-refractivity contribution in [2.45, 2.75) is 46.5 Å². The van der Waals surface area contributed by atoms with Gasteiger partial charge in [-0.3, -0.25) is 5.43 Å². The summed E-state index contributed by atoms with van der Waals surface area (Å²) in [4.78, 5) is 12.5. The molecule has 0 spiro atoms. The third-order valence-electron chi connectivity index (χ3n) is 7.54. The maximum absolute atomic E-state index is 12.5. The number of ether oxygens (including phenoxy) is 1. The summed E-state index contributed by atoms with van der Waals surface area (Å²) in [5.74, 6) is 0.587. The molecule has 1 aliphatic rings. The average Bonchev–Trinajstić information content (AvgIpc) is 3.33. The van der Waals surface area contributed by atoms with E-state index in [0.29, 0.717) is 29.7 Å². The van der Waals surface area contributed by atoms with Crippen LogP contribution in [0.4, 0.5) is 0 Å². The molecule has 0 saturated carbocycles. The SMILES string of the molecule is CCOC(=O)C1=C(N/N=c2/cc(-c3ccccc3)c3cc4c(-c5ccccc5)c(C)oc4c(C)c3o2)CCCC1. The predicted octanol–water partition coefficient (Wildman–Crippen LogP) is 7.93. The molecule has 0 fully saturated rings. The minimum absolute atomic E-state index is 0.277. The Morgan fingerprint density at radius 2 is 1.55 bits per heavy atom. The fourth-order valence-electron chi connectivity index (χ4n) is 5.63. The average molecular weight is 533 g/mol. The van der Waals surface area contributed by atoms with Crippen molar-refractivity contribution >= 4 is 27.9 Å². The van der Waals surface area contributed by atoms with Gasteiger partial charge in [-0.05, 0) is 69.2 Å². The maximum atomic E-state index is 12.5. The van der Waals surface area contributed by atoms with E-state index in [2.05, 4.69) is 40.9 Å². The molecular weight excluding hydrogens is 500 g/mol. The molecule has 0 amide bonds. The summed E-state index contributed by atoms with van der Waals surface area (Å²) < 4.78 is 18.0. The number of benzene rings is 3. The molecule has 0 saturated heterocycles. The lowest BCUT2D eigenvalue weighted by atomic mass is 9.96. The molecule has 5 aromatic rings. The molecule has 40 heavy (non-hydrogen) atoms. The van der Waals surface area contributed by atoms with Gasteiger partial charge in [0.1, 0.15) is 16.9 Å². The van der Waals surface area contributed by atoms with Crippen LogP contribution in [0.2, 0.25) is 0 Å². The van der Waals surface area contributed by atoms with E-state index in [1.807, 2.05) is 63.2 Å². The lowest BCUT2D eigenvalue weighted by Gasteiger charge is -2.18. The molecule has 1 aliphatic carbocycles. The first-order chi connectivity index (χ1) is 19.5. The lowest BCUT2D eigenvalue weighted by Crippen LogP contribution is -2.21. The van der Waals surface area contributed by atoms with Crippen LogP contribution in [-0.4, -0.2) is 12.6 Å². The second-order valence-electron chi connectivity index (χ2n) is 10.1. The minimum Gasteiger partial charge on any atom is -0.463 e. The number of furan rings is 1. The van der Waals surface area contributed by atoms with Gasteiger partial charge in [0.25, 0.3) is 0 Å². The van der Waals surface area contributed by atoms with Gasteiger partial charge in [0.15, 0.2) is 0 Å². The molecule has 0 aliphatic heterocycles. The van der Waals surface area contributed by atoms with Crippen molar-refractivity contribution < 1.29 is 18.4 Å². The number of aryl methyl sites for hydroxylation is 2. The zero-order valence-corrected chi connectivity index (χ0v) is 23.0. The van der Waals surface area contributed by atoms with Crippen LogP contribution in [0.15, 0.2) is 98.0 Å². The summed E-state index contributed by atoms with van der Waals surface area (Å²) in [6.45, 7) is 6.20. The van der Waals surface area contributed by atoms with E-state index in [4.69, 9.17) is 13.6 Å². The molecule has 2 aromatic heterocycles. The normalized spacial score (nSPS) is 14.2. The molecule has 202 valence electrons. The van der Waals surface area contributed by atoms with Crippen molar-refractivity contribution in [2.75, 3.05) is 6.61 Å². The zero-order chi connectivity index (χ0) is 27.6. The molecule has 0 unspecified atom stereocenters. The smallest absolute Gasteiger partial charge is 0.335 e. The van der Waals surface area contributed by atoms with Crippen LogP contribution in [0.1, 0.15) is 43.9 Å². The molecule has 0 atom stereocenters. The summed E-state index contributed by atoms with van der Waals surface area (Å²) in [5, 5.41) is 6.67. The van der Waals surface area contributed by atoms with Gasteiger partial charge in [0.2, 0.25) is 5.55 Å². The number of hydrogen-bond acceptors (Lipinski definition) is 6. The fraction of sp³-hybridized carbons (Fsp3) is 0.235. The highest BCUT2D eigenvalue weighted by atomic mass is 16.5. The van der Waals surface area contributed by atoms with Crippen LogP contribution in [0, 0.1) is 13.8 Å². The van der Waals surface area contributed by atoms with E-state index in [0.717, 1.165) is 74.9 Å². The molecule has 6 heteroatoms. The highest BCUT2D eigenvalue weighted by Gasteiger charge is 2.22. The van der Waals surface area contributed by atoms with E-state index < -0.39 is 0 Å². The number of nitrogens with zero attached hydrogens (tertiary/aromatic N) is 1. The van der Waals surface area contributed by atoms with Crippen molar-refractivity contribution in [2.24, 2.45) is 5.10 Å². The number of esters is 1. The van der Waals surface area contributed by atoms with E-state index >= 15 is 0 Å². The predicted molar refractivity (Wildman–Crippen MR) is 157 cm³/mol. The monoisotopic (exact) mass is 532 g/mol. The van der Waals surface area contributed by atoms with Gasteiger partial charge in [0.05, 0.1) is 12.2 Å². The molecule has 0 bridgehead atoms. The first kappa shape index (κ1) is 25.7. The largest absolute Gasteiger partial charge is 0.463 e. The number of fused-ring (bicyclic) bond motifs is 2. The Kier molecular flexibility index (Phi) is 6.99. The Labute approximate surface area is 233 Å². The Balaban J connectivity index is 1.56. The number of carbonyl (C=O) groups is 1. The van der Waals surface area contributed by atoms with Crippen LogP contribution in [-0.2, 0) is 9.53 Å². The summed E-state index contributed by atoms with van der Waals surface area (Å²) >= 11 is 0. The topological polar surface area (TPSA) is 77.0 Å². The molecule has 2 heterocycles. The van der Waals surface area contributed by atoms with Crippen LogP contribution in [0.25, 0.3) is 44.2 Å². The van der Waals surface area contributed by atoms with E-state index in [1.165, 1.54) is 0 Å². The highest BCUT2D eigenvalue weighted by molar-refractivity contribution is 6.08. The number of hydrogen-bond donors (Lipinski definition) is 1. The number of carbonyl (C=O) groups excluding carboxylic acids is 1. The number of allylic oxidation sites excluding steroid dienone is 1. The first-order valence-corrected chi connectivity index (χ1v) is 13.9. The van der Waals surface area contributed by atoms with Gasteiger partial charge < -0.3 is 13.6 Å². The summed E-state index contributed by atoms with van der Waals surface area (Å²) in [5.41, 5.74) is 11.7. The van der Waals surface area contributed by atoms with E-state index in [-0.39, 0.29) is 5.97 Å². The molecule has 1 N–H and O–H groups in total. The van der Waals surface area contributed by atoms with Crippen molar-refractivity contribution in [1.82, 2.24) is 5.43 Å². The third-order valence-corrected chi connectivity index (χ3v) is 7.54. The quantitative estimate of drug-likeness (QED) is 0.177. The second-order valence-corrected chi connectivity index (χ2v) is 10.1. The van der Waals surface area contributed by atoms with Crippen molar-refractivity contribution in [3.8, 4) is 22.3 Å². The molecule has 6 rings (SSSR count). The number of nitrogens with one attached hydrogen (secondary N) is 1. The summed E-state index contributed by atoms with van der Waals surface area (Å²) in [6, 6.07) is 24.7. The van der Waals surface area contributed by atoms with Crippen LogP contribution in [0.5, 0.6) is 0 Å². The Hall–Kier alpha value is -4.58. The Morgan fingerprint density at radius 1 is 0.875 bits per heavy atom. The standard InChI is InChI=1S/C34H32N2O4/c1-4-38-34(37)25-17-11-12-18-29(25)35-36-30-20-26(23-13-7-5-8-14-23)27-19-28-31(24-15-9-6-10-16-24)22(3)39-33(28)21(2)32(27)40-30/h5-10,13-16,19-20,35H,4,11-12,17-18H2,1-3H3/b36-30-. The minimum atomic E-state index is -0.277. The van der Waals surface area contributed by atoms with Crippen molar-refractivity contribution in [3.05, 3.63) is 101 Å². The number of rotatable bonds is 6. The van der Waals surface area contributed by atoms with Crippen molar-refractivity contribution in [1.29, 1.82) is 0 Å². The molecule has 0 radical (unpaired) electrons. The van der Waals surface area contributed by atoms with Gasteiger partial charge >= 0.3 is 5.97 Å². The van der Waals surface area contributed by atoms with Gasteiger partial charge in [-0.15, -0.1) is 5.10 Å². The van der Waals surface area contributed by atoms with Crippen LogP contribution in [0.3, 0.4) is 0 Å². The maximum Gasteiger partial charge on any atom is 0.335 e. The zero-order valence-electron chi connectivity index (χ0n) is 23.0. The van der Waals surface area contributed by atoms with Gasteiger partial charge in [-0.1, -0.05) is 60.7 Å². The Bertz CT molecular complexity index is 1810. The summed E-state index contributed by atoms with van der Waals surface area (Å²) in [6.07, 6.45) is 3.37. The second kappa shape index (κ2) is 10.9. The lowest BCUT2D eigenvalue weighted by molar-refractivity contribution is -0.138. The van der Waals surface area contributed by atoms with Crippen LogP contribution < -0.4 is 11.0 Å². The summed E-state index contributed by atoms with van der Waals surface area (Å²) in [7, 11) is 0. The fourth-order valence-corrected chi connectivity index (χ4v) is 5.63. The molecular formula is C34H32N2O4. The van der Waals surface area contributed by atoms with Crippen LogP contribution >= 0.6 is 0 Å². The third kappa shape index (κ3) is 4.70.